The molecule has 1 aliphatic carbocycles. The van der Waals surface area contributed by atoms with Gasteiger partial charge < -0.3 is 5.32 Å². The molecule has 0 aromatic carbocycles. The molecular formula is C10H17N3. The molecule has 1 unspecified atom stereocenters. The summed E-state index contributed by atoms with van der Waals surface area (Å²) in [6.07, 6.45) is 3.60. The second-order valence-electron chi connectivity index (χ2n) is 3.83. The molecule has 2 rings (SSSR count). The number of H-pyrrole nitrogens is 1. The summed E-state index contributed by atoms with van der Waals surface area (Å²) in [4.78, 5) is 0. The minimum Gasteiger partial charge on any atom is -0.368 e. The van der Waals surface area contributed by atoms with E-state index >= 15 is 0 Å². The zero-order chi connectivity index (χ0) is 9.26. The Balaban J connectivity index is 2.15. The molecule has 3 nitrogen and oxygen atoms in total. The van der Waals surface area contributed by atoms with Crippen LogP contribution in [0.5, 0.6) is 0 Å². The van der Waals surface area contributed by atoms with Crippen molar-refractivity contribution in [3.8, 4) is 0 Å². The summed E-state index contributed by atoms with van der Waals surface area (Å²) in [7, 11) is 0. The summed E-state index contributed by atoms with van der Waals surface area (Å²) >= 11 is 0. The third-order valence-electron chi connectivity index (χ3n) is 2.76. The summed E-state index contributed by atoms with van der Waals surface area (Å²) in [6.45, 7) is 5.45. The van der Waals surface area contributed by atoms with E-state index in [2.05, 4.69) is 29.4 Å². The van der Waals surface area contributed by atoms with E-state index in [0.29, 0.717) is 5.92 Å². The first-order valence-corrected chi connectivity index (χ1v) is 5.14. The minimum absolute atomic E-state index is 0.666. The normalized spacial score (nSPS) is 20.3. The molecule has 0 radical (unpaired) electrons. The van der Waals surface area contributed by atoms with Gasteiger partial charge in [-0.2, -0.15) is 5.10 Å². The number of rotatable bonds is 3. The van der Waals surface area contributed by atoms with Crippen LogP contribution >= 0.6 is 0 Å². The third-order valence-corrected chi connectivity index (χ3v) is 2.76. The van der Waals surface area contributed by atoms with Crippen molar-refractivity contribution in [2.24, 2.45) is 0 Å². The lowest BCUT2D eigenvalue weighted by Gasteiger charge is -2.00. The Labute approximate surface area is 78.9 Å². The van der Waals surface area contributed by atoms with Crippen molar-refractivity contribution in [2.75, 3.05) is 11.9 Å². The van der Waals surface area contributed by atoms with Crippen LogP contribution in [0.15, 0.2) is 0 Å². The van der Waals surface area contributed by atoms with Crippen molar-refractivity contribution in [3.63, 3.8) is 0 Å². The van der Waals surface area contributed by atoms with Gasteiger partial charge in [-0.1, -0.05) is 13.8 Å². The van der Waals surface area contributed by atoms with Crippen molar-refractivity contribution in [1.29, 1.82) is 0 Å². The fourth-order valence-corrected chi connectivity index (χ4v) is 1.93. The van der Waals surface area contributed by atoms with Crippen molar-refractivity contribution in [2.45, 2.75) is 39.0 Å². The van der Waals surface area contributed by atoms with Gasteiger partial charge in [-0.25, -0.2) is 0 Å². The molecule has 1 atom stereocenters. The zero-order valence-corrected chi connectivity index (χ0v) is 8.35. The van der Waals surface area contributed by atoms with Crippen molar-refractivity contribution < 1.29 is 0 Å². The largest absolute Gasteiger partial charge is 0.368 e. The van der Waals surface area contributed by atoms with E-state index in [1.54, 1.807) is 0 Å². The number of hydrogen-bond acceptors (Lipinski definition) is 2. The lowest BCUT2D eigenvalue weighted by Crippen LogP contribution is -2.01. The SMILES string of the molecule is CCCNc1n[nH]c2c1CCC2C. The zero-order valence-electron chi connectivity index (χ0n) is 8.35. The molecule has 0 saturated carbocycles. The van der Waals surface area contributed by atoms with E-state index in [1.807, 2.05) is 0 Å². The molecule has 1 aromatic heterocycles. The highest BCUT2D eigenvalue weighted by Gasteiger charge is 2.23. The smallest absolute Gasteiger partial charge is 0.151 e. The van der Waals surface area contributed by atoms with E-state index in [-0.39, 0.29) is 0 Å². The summed E-state index contributed by atoms with van der Waals surface area (Å²) in [5.41, 5.74) is 2.76. The van der Waals surface area contributed by atoms with Gasteiger partial charge in [0.25, 0.3) is 0 Å². The Bertz CT molecular complexity index is 290. The summed E-state index contributed by atoms with van der Waals surface area (Å²) < 4.78 is 0. The molecule has 72 valence electrons. The molecule has 3 heteroatoms. The maximum Gasteiger partial charge on any atom is 0.151 e. The topological polar surface area (TPSA) is 40.7 Å². The van der Waals surface area contributed by atoms with E-state index in [4.69, 9.17) is 0 Å². The predicted octanol–water partition coefficient (Wildman–Crippen LogP) is 2.28. The molecule has 0 bridgehead atoms. The van der Waals surface area contributed by atoms with Gasteiger partial charge in [0.15, 0.2) is 5.82 Å². The van der Waals surface area contributed by atoms with E-state index in [0.717, 1.165) is 18.8 Å². The van der Waals surface area contributed by atoms with Gasteiger partial charge in [-0.05, 0) is 25.2 Å². The van der Waals surface area contributed by atoms with Crippen molar-refractivity contribution in [3.05, 3.63) is 11.3 Å². The monoisotopic (exact) mass is 179 g/mol. The highest BCUT2D eigenvalue weighted by atomic mass is 15.2. The maximum atomic E-state index is 4.29. The van der Waals surface area contributed by atoms with Crippen LogP contribution in [-0.2, 0) is 6.42 Å². The van der Waals surface area contributed by atoms with Crippen LogP contribution in [0.3, 0.4) is 0 Å². The van der Waals surface area contributed by atoms with Crippen LogP contribution < -0.4 is 5.32 Å². The first-order chi connectivity index (χ1) is 6.33. The lowest BCUT2D eigenvalue weighted by molar-refractivity contribution is 0.716. The number of anilines is 1. The second-order valence-corrected chi connectivity index (χ2v) is 3.83. The van der Waals surface area contributed by atoms with Crippen LogP contribution in [0.25, 0.3) is 0 Å². The Morgan fingerprint density at radius 2 is 2.46 bits per heavy atom. The summed E-state index contributed by atoms with van der Waals surface area (Å²) in [5, 5.41) is 10.8. The Kier molecular flexibility index (Phi) is 2.25. The van der Waals surface area contributed by atoms with Gasteiger partial charge in [0.05, 0.1) is 0 Å². The van der Waals surface area contributed by atoms with E-state index in [1.165, 1.54) is 24.1 Å². The predicted molar refractivity (Wildman–Crippen MR) is 54.1 cm³/mol. The molecule has 0 aliphatic heterocycles. The molecule has 0 fully saturated rings. The van der Waals surface area contributed by atoms with Gasteiger partial charge in [-0.15, -0.1) is 0 Å². The minimum atomic E-state index is 0.666. The fourth-order valence-electron chi connectivity index (χ4n) is 1.93. The van der Waals surface area contributed by atoms with Crippen LogP contribution in [0.4, 0.5) is 5.82 Å². The first-order valence-electron chi connectivity index (χ1n) is 5.14. The molecule has 0 amide bonds. The first kappa shape index (κ1) is 8.60. The number of aromatic nitrogens is 2. The van der Waals surface area contributed by atoms with E-state index in [9.17, 15) is 0 Å². The van der Waals surface area contributed by atoms with Gasteiger partial charge in [-0.3, -0.25) is 5.10 Å². The Hall–Kier alpha value is -0.990. The number of aromatic amines is 1. The molecule has 13 heavy (non-hydrogen) atoms. The molecule has 0 spiro atoms. The van der Waals surface area contributed by atoms with Gasteiger partial charge in [0.1, 0.15) is 0 Å². The second kappa shape index (κ2) is 3.40. The quantitative estimate of drug-likeness (QED) is 0.747. The average molecular weight is 179 g/mol. The van der Waals surface area contributed by atoms with Gasteiger partial charge in [0, 0.05) is 17.8 Å². The standard InChI is InChI=1S/C10H17N3/c1-3-6-11-10-8-5-4-7(2)9(8)12-13-10/h7H,3-6H2,1-2H3,(H2,11,12,13). The summed E-state index contributed by atoms with van der Waals surface area (Å²) in [5.74, 6) is 1.75. The van der Waals surface area contributed by atoms with Crippen LogP contribution in [0, 0.1) is 0 Å². The van der Waals surface area contributed by atoms with Crippen molar-refractivity contribution >= 4 is 5.82 Å². The number of nitrogens with zero attached hydrogens (tertiary/aromatic N) is 1. The van der Waals surface area contributed by atoms with Crippen LogP contribution in [0.2, 0.25) is 0 Å². The Morgan fingerprint density at radius 3 is 3.23 bits per heavy atom. The van der Waals surface area contributed by atoms with Crippen LogP contribution in [-0.4, -0.2) is 16.7 Å². The number of fused-ring (bicyclic) bond motifs is 1. The Morgan fingerprint density at radius 1 is 1.62 bits per heavy atom. The maximum absolute atomic E-state index is 4.29. The average Bonchev–Trinajstić information content (AvgIpc) is 2.67. The molecule has 0 saturated heterocycles. The molecule has 2 N–H and O–H groups in total. The highest BCUT2D eigenvalue weighted by Crippen LogP contribution is 2.34. The van der Waals surface area contributed by atoms with Crippen molar-refractivity contribution in [1.82, 2.24) is 10.2 Å². The van der Waals surface area contributed by atoms with E-state index < -0.39 is 0 Å². The van der Waals surface area contributed by atoms with Crippen LogP contribution in [0.1, 0.15) is 43.9 Å². The number of nitrogens with one attached hydrogen (secondary N) is 2. The number of hydrogen-bond donors (Lipinski definition) is 2. The molecule has 1 aromatic rings. The summed E-state index contributed by atoms with van der Waals surface area (Å²) in [6, 6.07) is 0. The lowest BCUT2D eigenvalue weighted by atomic mass is 10.1. The molecule has 1 aliphatic rings. The van der Waals surface area contributed by atoms with Gasteiger partial charge >= 0.3 is 0 Å². The molecule has 1 heterocycles. The third kappa shape index (κ3) is 1.43. The molecular weight excluding hydrogens is 162 g/mol. The highest BCUT2D eigenvalue weighted by molar-refractivity contribution is 5.49. The fraction of sp³-hybridized carbons (Fsp3) is 0.700. The van der Waals surface area contributed by atoms with Gasteiger partial charge in [0.2, 0.25) is 0 Å².